The summed E-state index contributed by atoms with van der Waals surface area (Å²) in [6.45, 7) is 2.77. The molecule has 3 heteroatoms. The van der Waals surface area contributed by atoms with Crippen LogP contribution in [0.25, 0.3) is 0 Å². The minimum absolute atomic E-state index is 0.0952. The number of amides is 1. The fourth-order valence-corrected chi connectivity index (χ4v) is 2.36. The molecular weight excluding hydrogens is 226 g/mol. The number of rotatable bonds is 5. The molecule has 3 nitrogen and oxygen atoms in total. The van der Waals surface area contributed by atoms with Crippen LogP contribution in [0.4, 0.5) is 0 Å². The normalized spacial score (nSPS) is 19.6. The Balaban J connectivity index is 1.70. The number of aliphatic hydroxyl groups excluding tert-OH is 1. The predicted octanol–water partition coefficient (Wildman–Crippen LogP) is 2.26. The van der Waals surface area contributed by atoms with Crippen LogP contribution in [0.15, 0.2) is 24.3 Å². The monoisotopic (exact) mass is 247 g/mol. The van der Waals surface area contributed by atoms with E-state index in [1.54, 1.807) is 4.90 Å². The molecule has 1 aliphatic rings. The Hall–Kier alpha value is -1.35. The smallest absolute Gasteiger partial charge is 0.224 e. The molecule has 1 aromatic rings. The van der Waals surface area contributed by atoms with E-state index in [0.29, 0.717) is 19.4 Å². The van der Waals surface area contributed by atoms with Crippen LogP contribution in [0.3, 0.4) is 0 Å². The number of aryl methyl sites for hydroxylation is 2. The molecule has 1 unspecified atom stereocenters. The molecule has 18 heavy (non-hydrogen) atoms. The molecule has 1 amide bonds. The van der Waals surface area contributed by atoms with Crippen molar-refractivity contribution in [3.8, 4) is 0 Å². The van der Waals surface area contributed by atoms with Crippen LogP contribution in [0.1, 0.15) is 36.8 Å². The Kier molecular flexibility index (Phi) is 4.37. The van der Waals surface area contributed by atoms with Gasteiger partial charge in [-0.1, -0.05) is 29.8 Å². The van der Waals surface area contributed by atoms with Crippen molar-refractivity contribution in [2.75, 3.05) is 6.54 Å². The van der Waals surface area contributed by atoms with E-state index >= 15 is 0 Å². The molecule has 1 aromatic carbocycles. The lowest BCUT2D eigenvalue weighted by Crippen LogP contribution is -2.33. The summed E-state index contributed by atoms with van der Waals surface area (Å²) in [5.74, 6) is 0.0952. The Labute approximate surface area is 108 Å². The summed E-state index contributed by atoms with van der Waals surface area (Å²) in [7, 11) is 0. The van der Waals surface area contributed by atoms with Crippen LogP contribution >= 0.6 is 0 Å². The second-order valence-corrected chi connectivity index (χ2v) is 5.05. The molecule has 2 rings (SSSR count). The highest BCUT2D eigenvalue weighted by atomic mass is 16.3. The highest BCUT2D eigenvalue weighted by molar-refractivity contribution is 5.78. The number of hydrogen-bond donors (Lipinski definition) is 1. The third-order valence-corrected chi connectivity index (χ3v) is 3.53. The average molecular weight is 247 g/mol. The second-order valence-electron chi connectivity index (χ2n) is 5.05. The van der Waals surface area contributed by atoms with Crippen molar-refractivity contribution in [2.24, 2.45) is 0 Å². The summed E-state index contributed by atoms with van der Waals surface area (Å²) in [4.78, 5) is 13.1. The van der Waals surface area contributed by atoms with Crippen LogP contribution in [0.2, 0.25) is 0 Å². The topological polar surface area (TPSA) is 40.5 Å². The summed E-state index contributed by atoms with van der Waals surface area (Å²) in [6, 6.07) is 8.57. The van der Waals surface area contributed by atoms with E-state index in [2.05, 4.69) is 31.2 Å². The average Bonchev–Trinajstić information content (AvgIpc) is 2.68. The molecule has 1 N–H and O–H groups in total. The molecule has 1 saturated heterocycles. The van der Waals surface area contributed by atoms with Crippen molar-refractivity contribution in [1.29, 1.82) is 0 Å². The van der Waals surface area contributed by atoms with Gasteiger partial charge in [0.15, 0.2) is 0 Å². The first kappa shape index (κ1) is 13.1. The third kappa shape index (κ3) is 3.33. The van der Waals surface area contributed by atoms with Gasteiger partial charge in [-0.3, -0.25) is 4.79 Å². The van der Waals surface area contributed by atoms with E-state index in [0.717, 1.165) is 19.3 Å². The van der Waals surface area contributed by atoms with Crippen molar-refractivity contribution in [3.05, 3.63) is 35.4 Å². The minimum Gasteiger partial charge on any atom is -0.374 e. The number of hydrogen-bond acceptors (Lipinski definition) is 2. The van der Waals surface area contributed by atoms with Gasteiger partial charge in [0.1, 0.15) is 6.23 Å². The largest absolute Gasteiger partial charge is 0.374 e. The lowest BCUT2D eigenvalue weighted by atomic mass is 10.1. The lowest BCUT2D eigenvalue weighted by molar-refractivity contribution is -0.133. The number of carbonyl (C=O) groups is 1. The maximum atomic E-state index is 11.5. The van der Waals surface area contributed by atoms with Crippen LogP contribution in [-0.2, 0) is 11.2 Å². The summed E-state index contributed by atoms with van der Waals surface area (Å²) >= 11 is 0. The van der Waals surface area contributed by atoms with Crippen LogP contribution in [-0.4, -0.2) is 28.7 Å². The fraction of sp³-hybridized carbons (Fsp3) is 0.533. The number of unbranched alkanes of at least 4 members (excludes halogenated alkanes) is 1. The number of likely N-dealkylation sites (tertiary alicyclic amines) is 1. The zero-order chi connectivity index (χ0) is 13.0. The zero-order valence-corrected chi connectivity index (χ0v) is 10.9. The molecule has 0 spiro atoms. The fourth-order valence-electron chi connectivity index (χ4n) is 2.36. The van der Waals surface area contributed by atoms with Crippen molar-refractivity contribution < 1.29 is 9.90 Å². The molecule has 0 radical (unpaired) electrons. The van der Waals surface area contributed by atoms with Crippen molar-refractivity contribution in [1.82, 2.24) is 4.90 Å². The van der Waals surface area contributed by atoms with Gasteiger partial charge in [-0.15, -0.1) is 0 Å². The molecule has 1 aliphatic heterocycles. The third-order valence-electron chi connectivity index (χ3n) is 3.53. The standard InChI is InChI=1S/C15H21NO2/c1-12-5-7-13(8-6-12)4-2-3-11-16-14(17)9-10-15(16)18/h5-8,14,17H,2-4,9-11H2,1H3. The molecule has 1 heterocycles. The van der Waals surface area contributed by atoms with Gasteiger partial charge in [0, 0.05) is 19.4 Å². The summed E-state index contributed by atoms with van der Waals surface area (Å²) < 4.78 is 0. The van der Waals surface area contributed by atoms with Gasteiger partial charge in [0.25, 0.3) is 0 Å². The lowest BCUT2D eigenvalue weighted by Gasteiger charge is -2.20. The van der Waals surface area contributed by atoms with Crippen LogP contribution in [0, 0.1) is 6.92 Å². The molecule has 0 aromatic heterocycles. The van der Waals surface area contributed by atoms with E-state index in [9.17, 15) is 9.90 Å². The Bertz CT molecular complexity index is 399. The van der Waals surface area contributed by atoms with Crippen LogP contribution < -0.4 is 0 Å². The van der Waals surface area contributed by atoms with Gasteiger partial charge in [0.2, 0.25) is 5.91 Å². The number of aliphatic hydroxyl groups is 1. The maximum Gasteiger partial charge on any atom is 0.224 e. The van der Waals surface area contributed by atoms with E-state index in [1.807, 2.05) is 0 Å². The summed E-state index contributed by atoms with van der Waals surface area (Å²) in [5, 5.41) is 9.61. The van der Waals surface area contributed by atoms with Crippen molar-refractivity contribution in [3.63, 3.8) is 0 Å². The van der Waals surface area contributed by atoms with E-state index < -0.39 is 6.23 Å². The molecule has 1 fully saturated rings. The maximum absolute atomic E-state index is 11.5. The quantitative estimate of drug-likeness (QED) is 0.811. The molecule has 0 saturated carbocycles. The first-order chi connectivity index (χ1) is 8.66. The molecule has 0 aliphatic carbocycles. The second kappa shape index (κ2) is 6.01. The van der Waals surface area contributed by atoms with E-state index in [4.69, 9.17) is 0 Å². The Morgan fingerprint density at radius 3 is 2.61 bits per heavy atom. The molecule has 98 valence electrons. The first-order valence-corrected chi connectivity index (χ1v) is 6.70. The minimum atomic E-state index is -0.545. The van der Waals surface area contributed by atoms with Gasteiger partial charge in [0.05, 0.1) is 0 Å². The van der Waals surface area contributed by atoms with E-state index in [1.165, 1.54) is 11.1 Å². The van der Waals surface area contributed by atoms with Gasteiger partial charge in [-0.25, -0.2) is 0 Å². The predicted molar refractivity (Wildman–Crippen MR) is 71.1 cm³/mol. The van der Waals surface area contributed by atoms with Crippen molar-refractivity contribution in [2.45, 2.75) is 45.3 Å². The molecular formula is C15H21NO2. The molecule has 1 atom stereocenters. The van der Waals surface area contributed by atoms with Gasteiger partial charge in [-0.05, 0) is 31.7 Å². The first-order valence-electron chi connectivity index (χ1n) is 6.70. The van der Waals surface area contributed by atoms with Gasteiger partial charge < -0.3 is 10.0 Å². The van der Waals surface area contributed by atoms with Crippen molar-refractivity contribution >= 4 is 5.91 Å². The number of nitrogens with zero attached hydrogens (tertiary/aromatic N) is 1. The number of carbonyl (C=O) groups excluding carboxylic acids is 1. The van der Waals surface area contributed by atoms with Crippen LogP contribution in [0.5, 0.6) is 0 Å². The summed E-state index contributed by atoms with van der Waals surface area (Å²) in [5.41, 5.74) is 2.62. The van der Waals surface area contributed by atoms with Gasteiger partial charge in [-0.2, -0.15) is 0 Å². The zero-order valence-electron chi connectivity index (χ0n) is 10.9. The highest BCUT2D eigenvalue weighted by Gasteiger charge is 2.28. The number of benzene rings is 1. The van der Waals surface area contributed by atoms with Gasteiger partial charge >= 0.3 is 0 Å². The van der Waals surface area contributed by atoms with E-state index in [-0.39, 0.29) is 5.91 Å². The Morgan fingerprint density at radius 1 is 1.28 bits per heavy atom. The summed E-state index contributed by atoms with van der Waals surface area (Å²) in [6.07, 6.45) is 3.60. The SMILES string of the molecule is Cc1ccc(CCCCN2C(=O)CCC2O)cc1. The molecule has 0 bridgehead atoms. The Morgan fingerprint density at radius 2 is 2.00 bits per heavy atom. The highest BCUT2D eigenvalue weighted by Crippen LogP contribution is 2.17.